The van der Waals surface area contributed by atoms with Gasteiger partial charge >= 0.3 is 0 Å². The molecule has 1 aromatic rings. The van der Waals surface area contributed by atoms with Crippen molar-refractivity contribution in [3.8, 4) is 0 Å². The number of anilines is 1. The maximum Gasteiger partial charge on any atom is 0.254 e. The summed E-state index contributed by atoms with van der Waals surface area (Å²) in [6.45, 7) is 3.57. The average Bonchev–Trinajstić information content (AvgIpc) is 2.49. The Morgan fingerprint density at radius 2 is 2.09 bits per heavy atom. The zero-order valence-electron chi connectivity index (χ0n) is 13.2. The van der Waals surface area contributed by atoms with E-state index in [2.05, 4.69) is 10.6 Å². The Labute approximate surface area is 136 Å². The van der Waals surface area contributed by atoms with Crippen molar-refractivity contribution in [1.29, 1.82) is 0 Å². The Kier molecular flexibility index (Phi) is 5.08. The molecule has 1 heterocycles. The van der Waals surface area contributed by atoms with E-state index >= 15 is 0 Å². The summed E-state index contributed by atoms with van der Waals surface area (Å²) in [5.74, 6) is -0.225. The van der Waals surface area contributed by atoms with Crippen molar-refractivity contribution in [2.24, 2.45) is 5.41 Å². The van der Waals surface area contributed by atoms with Crippen molar-refractivity contribution in [3.05, 3.63) is 28.8 Å². The van der Waals surface area contributed by atoms with Gasteiger partial charge in [0.15, 0.2) is 0 Å². The molecule has 5 nitrogen and oxygen atoms in total. The normalized spacial score (nSPS) is 21.3. The van der Waals surface area contributed by atoms with Crippen LogP contribution in [0.5, 0.6) is 0 Å². The quantitative estimate of drug-likeness (QED) is 0.897. The summed E-state index contributed by atoms with van der Waals surface area (Å²) < 4.78 is 0. The van der Waals surface area contributed by atoms with Crippen LogP contribution in [0.1, 0.15) is 30.1 Å². The molecule has 22 heavy (non-hydrogen) atoms. The first-order chi connectivity index (χ1) is 10.3. The Bertz CT molecular complexity index is 581. The number of carbonyl (C=O) groups is 2. The summed E-state index contributed by atoms with van der Waals surface area (Å²) in [5, 5.41) is 6.54. The molecule has 6 heteroatoms. The first-order valence-electron chi connectivity index (χ1n) is 7.37. The summed E-state index contributed by atoms with van der Waals surface area (Å²) in [6, 6.07) is 4.98. The number of nitrogens with one attached hydrogen (secondary N) is 2. The molecule has 0 spiro atoms. The molecule has 1 aliphatic heterocycles. The fourth-order valence-electron chi connectivity index (χ4n) is 2.54. The minimum absolute atomic E-state index is 0.0368. The van der Waals surface area contributed by atoms with Gasteiger partial charge in [-0.3, -0.25) is 9.59 Å². The Morgan fingerprint density at radius 3 is 2.68 bits per heavy atom. The monoisotopic (exact) mass is 323 g/mol. The van der Waals surface area contributed by atoms with Gasteiger partial charge < -0.3 is 15.5 Å². The van der Waals surface area contributed by atoms with Crippen LogP contribution in [0.3, 0.4) is 0 Å². The lowest BCUT2D eigenvalue weighted by molar-refractivity contribution is -0.125. The van der Waals surface area contributed by atoms with Gasteiger partial charge in [-0.25, -0.2) is 0 Å². The van der Waals surface area contributed by atoms with Crippen LogP contribution in [0.15, 0.2) is 18.2 Å². The zero-order valence-corrected chi connectivity index (χ0v) is 14.0. The van der Waals surface area contributed by atoms with Gasteiger partial charge in [-0.05, 0) is 44.5 Å². The Morgan fingerprint density at radius 1 is 1.36 bits per heavy atom. The topological polar surface area (TPSA) is 61.4 Å². The predicted molar refractivity (Wildman–Crippen MR) is 88.3 cm³/mol. The Balaban J connectivity index is 2.18. The molecule has 1 saturated heterocycles. The van der Waals surface area contributed by atoms with Gasteiger partial charge in [0.2, 0.25) is 5.91 Å². The number of piperidine rings is 1. The number of hydrogen-bond donors (Lipinski definition) is 2. The van der Waals surface area contributed by atoms with Crippen LogP contribution in [0.4, 0.5) is 5.69 Å². The van der Waals surface area contributed by atoms with Crippen molar-refractivity contribution in [2.75, 3.05) is 32.5 Å². The van der Waals surface area contributed by atoms with Crippen molar-refractivity contribution in [3.63, 3.8) is 0 Å². The maximum absolute atomic E-state index is 12.5. The van der Waals surface area contributed by atoms with Gasteiger partial charge in [-0.15, -0.1) is 0 Å². The van der Waals surface area contributed by atoms with Gasteiger partial charge in [0.1, 0.15) is 0 Å². The number of halogens is 1. The third-order valence-corrected chi connectivity index (χ3v) is 4.34. The molecular weight excluding hydrogens is 302 g/mol. The van der Waals surface area contributed by atoms with E-state index in [0.717, 1.165) is 19.4 Å². The number of nitrogens with zero attached hydrogens (tertiary/aromatic N) is 1. The summed E-state index contributed by atoms with van der Waals surface area (Å²) in [6.07, 6.45) is 1.83. The fraction of sp³-hybridized carbons (Fsp3) is 0.500. The lowest BCUT2D eigenvalue weighted by atomic mass is 9.82. The van der Waals surface area contributed by atoms with Crippen molar-refractivity contribution >= 4 is 29.1 Å². The second kappa shape index (κ2) is 6.67. The highest BCUT2D eigenvalue weighted by atomic mass is 35.5. The standard InChI is InChI=1S/C16H22ClN3O2/c1-16(7-4-8-18-10-16)15(22)19-11-5-6-13(17)12(9-11)14(21)20(2)3/h5-6,9,18H,4,7-8,10H2,1-3H3,(H,19,22). The molecular formula is C16H22ClN3O2. The van der Waals surface area contributed by atoms with E-state index in [0.29, 0.717) is 22.8 Å². The minimum atomic E-state index is -0.427. The van der Waals surface area contributed by atoms with E-state index in [1.165, 1.54) is 4.90 Å². The smallest absolute Gasteiger partial charge is 0.254 e. The first kappa shape index (κ1) is 16.8. The van der Waals surface area contributed by atoms with E-state index in [1.807, 2.05) is 6.92 Å². The van der Waals surface area contributed by atoms with E-state index in [4.69, 9.17) is 11.6 Å². The molecule has 0 aromatic heterocycles. The third-order valence-electron chi connectivity index (χ3n) is 4.01. The van der Waals surface area contributed by atoms with Gasteiger partial charge in [0.25, 0.3) is 5.91 Å². The van der Waals surface area contributed by atoms with Gasteiger partial charge in [0, 0.05) is 26.3 Å². The SMILES string of the molecule is CN(C)C(=O)c1cc(NC(=O)C2(C)CCCNC2)ccc1Cl. The van der Waals surface area contributed by atoms with Crippen LogP contribution in [-0.2, 0) is 4.79 Å². The van der Waals surface area contributed by atoms with Crippen LogP contribution in [0, 0.1) is 5.41 Å². The molecule has 1 unspecified atom stereocenters. The molecule has 1 aromatic carbocycles. The molecule has 2 N–H and O–H groups in total. The van der Waals surface area contributed by atoms with Gasteiger partial charge in [-0.1, -0.05) is 11.6 Å². The summed E-state index contributed by atoms with van der Waals surface area (Å²) in [7, 11) is 3.33. The largest absolute Gasteiger partial charge is 0.345 e. The number of carbonyl (C=O) groups excluding carboxylic acids is 2. The van der Waals surface area contributed by atoms with Crippen molar-refractivity contribution in [1.82, 2.24) is 10.2 Å². The Hall–Kier alpha value is -1.59. The van der Waals surface area contributed by atoms with Gasteiger partial charge in [0.05, 0.1) is 16.0 Å². The first-order valence-corrected chi connectivity index (χ1v) is 7.75. The zero-order chi connectivity index (χ0) is 16.3. The van der Waals surface area contributed by atoms with Crippen molar-refractivity contribution < 1.29 is 9.59 Å². The van der Waals surface area contributed by atoms with Crippen LogP contribution >= 0.6 is 11.6 Å². The molecule has 0 radical (unpaired) electrons. The van der Waals surface area contributed by atoms with Crippen molar-refractivity contribution in [2.45, 2.75) is 19.8 Å². The average molecular weight is 324 g/mol. The van der Waals surface area contributed by atoms with Crippen LogP contribution < -0.4 is 10.6 Å². The lowest BCUT2D eigenvalue weighted by Gasteiger charge is -2.32. The molecule has 1 fully saturated rings. The van der Waals surface area contributed by atoms with Crippen LogP contribution in [0.2, 0.25) is 5.02 Å². The number of rotatable bonds is 3. The highest BCUT2D eigenvalue weighted by molar-refractivity contribution is 6.34. The van der Waals surface area contributed by atoms with E-state index < -0.39 is 5.41 Å². The molecule has 1 aliphatic rings. The molecule has 0 bridgehead atoms. The molecule has 0 aliphatic carbocycles. The highest BCUT2D eigenvalue weighted by Gasteiger charge is 2.34. The number of benzene rings is 1. The maximum atomic E-state index is 12.5. The second-order valence-electron chi connectivity index (χ2n) is 6.19. The minimum Gasteiger partial charge on any atom is -0.345 e. The number of amides is 2. The second-order valence-corrected chi connectivity index (χ2v) is 6.60. The number of hydrogen-bond acceptors (Lipinski definition) is 3. The molecule has 2 amide bonds. The molecule has 1 atom stereocenters. The van der Waals surface area contributed by atoms with Crippen LogP contribution in [0.25, 0.3) is 0 Å². The fourth-order valence-corrected chi connectivity index (χ4v) is 2.74. The third kappa shape index (κ3) is 3.59. The lowest BCUT2D eigenvalue weighted by Crippen LogP contribution is -2.46. The van der Waals surface area contributed by atoms with E-state index in [-0.39, 0.29) is 11.8 Å². The van der Waals surface area contributed by atoms with Crippen LogP contribution in [-0.4, -0.2) is 43.9 Å². The molecule has 120 valence electrons. The summed E-state index contributed by atoms with van der Waals surface area (Å²) >= 11 is 6.08. The predicted octanol–water partition coefficient (Wildman–Crippen LogP) is 2.37. The molecule has 2 rings (SSSR count). The van der Waals surface area contributed by atoms with E-state index in [9.17, 15) is 9.59 Å². The summed E-state index contributed by atoms with van der Waals surface area (Å²) in [5.41, 5.74) is 0.548. The molecule has 0 saturated carbocycles. The van der Waals surface area contributed by atoms with E-state index in [1.54, 1.807) is 32.3 Å². The highest BCUT2D eigenvalue weighted by Crippen LogP contribution is 2.28. The van der Waals surface area contributed by atoms with Gasteiger partial charge in [-0.2, -0.15) is 0 Å². The summed E-state index contributed by atoms with van der Waals surface area (Å²) in [4.78, 5) is 26.1.